The van der Waals surface area contributed by atoms with Crippen LogP contribution >= 0.6 is 11.3 Å². The first kappa shape index (κ1) is 14.3. The van der Waals surface area contributed by atoms with Gasteiger partial charge in [-0.2, -0.15) is 11.3 Å². The molecule has 0 radical (unpaired) electrons. The third-order valence-corrected chi connectivity index (χ3v) is 4.23. The highest BCUT2D eigenvalue weighted by Crippen LogP contribution is 2.19. The quantitative estimate of drug-likeness (QED) is 0.802. The van der Waals surface area contributed by atoms with Crippen molar-refractivity contribution in [1.29, 1.82) is 0 Å². The molecular weight excluding hydrogens is 250 g/mol. The van der Waals surface area contributed by atoms with Gasteiger partial charge in [0.1, 0.15) is 0 Å². The second-order valence-corrected chi connectivity index (χ2v) is 6.05. The average Bonchev–Trinajstić information content (AvgIpc) is 2.90. The second-order valence-electron chi connectivity index (χ2n) is 5.27. The van der Waals surface area contributed by atoms with E-state index in [1.54, 1.807) is 11.3 Å². The van der Waals surface area contributed by atoms with Gasteiger partial charge in [-0.3, -0.25) is 0 Å². The molecule has 1 aromatic carbocycles. The number of benzene rings is 1. The lowest BCUT2D eigenvalue weighted by Crippen LogP contribution is -2.31. The predicted molar refractivity (Wildman–Crippen MR) is 84.8 cm³/mol. The Morgan fingerprint density at radius 2 is 1.89 bits per heavy atom. The van der Waals surface area contributed by atoms with Crippen LogP contribution in [0.2, 0.25) is 0 Å². The summed E-state index contributed by atoms with van der Waals surface area (Å²) in [5.74, 6) is 0. The Morgan fingerprint density at radius 1 is 1.16 bits per heavy atom. The van der Waals surface area contributed by atoms with Crippen LogP contribution in [0.25, 0.3) is 0 Å². The van der Waals surface area contributed by atoms with Crippen LogP contribution in [0.5, 0.6) is 0 Å². The number of rotatable bonds is 6. The summed E-state index contributed by atoms with van der Waals surface area (Å²) in [5.41, 5.74) is 4.15. The van der Waals surface area contributed by atoms with Gasteiger partial charge in [0.05, 0.1) is 0 Å². The van der Waals surface area contributed by atoms with E-state index in [-0.39, 0.29) is 0 Å². The van der Waals surface area contributed by atoms with Crippen LogP contribution in [-0.2, 0) is 6.42 Å². The van der Waals surface area contributed by atoms with Crippen molar-refractivity contribution in [2.45, 2.75) is 45.7 Å². The van der Waals surface area contributed by atoms with Crippen LogP contribution in [0.3, 0.4) is 0 Å². The molecule has 0 bridgehead atoms. The zero-order chi connectivity index (χ0) is 13.7. The molecule has 0 saturated carbocycles. The van der Waals surface area contributed by atoms with Crippen LogP contribution in [0.15, 0.2) is 41.1 Å². The molecule has 0 aliphatic rings. The molecule has 0 aliphatic heterocycles. The van der Waals surface area contributed by atoms with Crippen molar-refractivity contribution in [3.63, 3.8) is 0 Å². The zero-order valence-corrected chi connectivity index (χ0v) is 12.8. The molecule has 2 heteroatoms. The van der Waals surface area contributed by atoms with E-state index in [1.807, 2.05) is 0 Å². The number of thiophene rings is 1. The van der Waals surface area contributed by atoms with Gasteiger partial charge in [0.15, 0.2) is 0 Å². The third-order valence-electron chi connectivity index (χ3n) is 3.50. The van der Waals surface area contributed by atoms with Gasteiger partial charge in [0.2, 0.25) is 0 Å². The first-order valence-corrected chi connectivity index (χ1v) is 7.97. The van der Waals surface area contributed by atoms with Crippen LogP contribution in [0.1, 0.15) is 43.0 Å². The van der Waals surface area contributed by atoms with Crippen LogP contribution < -0.4 is 5.32 Å². The van der Waals surface area contributed by atoms with E-state index < -0.39 is 0 Å². The molecule has 2 unspecified atom stereocenters. The topological polar surface area (TPSA) is 12.0 Å². The van der Waals surface area contributed by atoms with Crippen LogP contribution in [0.4, 0.5) is 0 Å². The highest BCUT2D eigenvalue weighted by Gasteiger charge is 2.12. The van der Waals surface area contributed by atoms with Crippen molar-refractivity contribution in [1.82, 2.24) is 5.32 Å². The Hall–Kier alpha value is -1.12. The maximum Gasteiger partial charge on any atom is 0.0320 e. The molecule has 1 heterocycles. The maximum absolute atomic E-state index is 3.75. The summed E-state index contributed by atoms with van der Waals surface area (Å²) in [6.07, 6.45) is 2.23. The molecule has 0 saturated heterocycles. The Balaban J connectivity index is 1.96. The Morgan fingerprint density at radius 3 is 2.47 bits per heavy atom. The highest BCUT2D eigenvalue weighted by molar-refractivity contribution is 7.07. The molecule has 1 N–H and O–H groups in total. The van der Waals surface area contributed by atoms with Crippen molar-refractivity contribution in [3.8, 4) is 0 Å². The number of aryl methyl sites for hydroxylation is 1. The van der Waals surface area contributed by atoms with Crippen LogP contribution in [-0.4, -0.2) is 6.04 Å². The fourth-order valence-electron chi connectivity index (χ4n) is 2.41. The molecule has 1 aromatic heterocycles. The minimum atomic E-state index is 0.453. The van der Waals surface area contributed by atoms with E-state index in [1.165, 1.54) is 16.7 Å². The molecule has 1 nitrogen and oxygen atoms in total. The summed E-state index contributed by atoms with van der Waals surface area (Å²) in [6, 6.07) is 12.1. The third kappa shape index (κ3) is 4.19. The van der Waals surface area contributed by atoms with Crippen LogP contribution in [0, 0.1) is 6.92 Å². The van der Waals surface area contributed by atoms with Crippen molar-refractivity contribution in [2.75, 3.05) is 0 Å². The summed E-state index contributed by atoms with van der Waals surface area (Å²) in [7, 11) is 0. The van der Waals surface area contributed by atoms with Gasteiger partial charge in [-0.05, 0) is 54.6 Å². The van der Waals surface area contributed by atoms with Gasteiger partial charge < -0.3 is 5.32 Å². The van der Waals surface area contributed by atoms with E-state index in [0.29, 0.717) is 12.1 Å². The molecule has 19 heavy (non-hydrogen) atoms. The summed E-state index contributed by atoms with van der Waals surface area (Å²) in [4.78, 5) is 0. The fourth-order valence-corrected chi connectivity index (χ4v) is 3.09. The molecule has 102 valence electrons. The molecule has 0 spiro atoms. The summed E-state index contributed by atoms with van der Waals surface area (Å²) >= 11 is 1.78. The number of nitrogens with one attached hydrogen (secondary N) is 1. The van der Waals surface area contributed by atoms with Gasteiger partial charge in [-0.25, -0.2) is 0 Å². The van der Waals surface area contributed by atoms with E-state index in [0.717, 1.165) is 12.8 Å². The van der Waals surface area contributed by atoms with Crippen molar-refractivity contribution >= 4 is 11.3 Å². The standard InChI is InChI=1S/C17H23NS/c1-4-17(16-7-5-13(2)6-8-16)18-14(3)11-15-9-10-19-12-15/h5-10,12,14,17-18H,4,11H2,1-3H3. The molecular formula is C17H23NS. The minimum absolute atomic E-state index is 0.453. The molecule has 2 rings (SSSR count). The predicted octanol–water partition coefficient (Wildman–Crippen LogP) is 4.73. The second kappa shape index (κ2) is 6.88. The average molecular weight is 273 g/mol. The lowest BCUT2D eigenvalue weighted by Gasteiger charge is -2.22. The molecule has 0 aliphatic carbocycles. The summed E-state index contributed by atoms with van der Waals surface area (Å²) < 4.78 is 0. The molecule has 2 aromatic rings. The van der Waals surface area contributed by atoms with Gasteiger partial charge in [0, 0.05) is 12.1 Å². The van der Waals surface area contributed by atoms with E-state index in [4.69, 9.17) is 0 Å². The van der Waals surface area contributed by atoms with Gasteiger partial charge in [-0.1, -0.05) is 36.8 Å². The Kier molecular flexibility index (Phi) is 5.17. The SMILES string of the molecule is CCC(NC(C)Cc1ccsc1)c1ccc(C)cc1. The van der Waals surface area contributed by atoms with Gasteiger partial charge in [-0.15, -0.1) is 0 Å². The summed E-state index contributed by atoms with van der Waals surface area (Å²) in [6.45, 7) is 6.65. The highest BCUT2D eigenvalue weighted by atomic mass is 32.1. The smallest absolute Gasteiger partial charge is 0.0320 e. The summed E-state index contributed by atoms with van der Waals surface area (Å²) in [5, 5.41) is 8.14. The Labute approximate surface area is 120 Å². The first-order valence-electron chi connectivity index (χ1n) is 7.02. The van der Waals surface area contributed by atoms with E-state index in [2.05, 4.69) is 67.2 Å². The lowest BCUT2D eigenvalue weighted by atomic mass is 10.0. The van der Waals surface area contributed by atoms with E-state index >= 15 is 0 Å². The molecule has 2 atom stereocenters. The van der Waals surface area contributed by atoms with E-state index in [9.17, 15) is 0 Å². The minimum Gasteiger partial charge on any atom is -0.307 e. The zero-order valence-electron chi connectivity index (χ0n) is 12.0. The Bertz CT molecular complexity index is 472. The van der Waals surface area contributed by atoms with Crippen molar-refractivity contribution in [2.24, 2.45) is 0 Å². The fraction of sp³-hybridized carbons (Fsp3) is 0.412. The van der Waals surface area contributed by atoms with Crippen molar-refractivity contribution < 1.29 is 0 Å². The maximum atomic E-state index is 3.75. The number of hydrogen-bond acceptors (Lipinski definition) is 2. The lowest BCUT2D eigenvalue weighted by molar-refractivity contribution is 0.444. The van der Waals surface area contributed by atoms with Crippen molar-refractivity contribution in [3.05, 3.63) is 57.8 Å². The van der Waals surface area contributed by atoms with Gasteiger partial charge in [0.25, 0.3) is 0 Å². The number of hydrogen-bond donors (Lipinski definition) is 1. The normalized spacial score (nSPS) is 14.3. The molecule has 0 fully saturated rings. The largest absolute Gasteiger partial charge is 0.307 e. The molecule has 0 amide bonds. The monoisotopic (exact) mass is 273 g/mol. The first-order chi connectivity index (χ1) is 9.19. The van der Waals surface area contributed by atoms with Gasteiger partial charge >= 0.3 is 0 Å².